The molecule has 0 radical (unpaired) electrons. The Morgan fingerprint density at radius 3 is 2.67 bits per heavy atom. The predicted octanol–water partition coefficient (Wildman–Crippen LogP) is 4.78. The molecule has 154 valence electrons. The lowest BCUT2D eigenvalue weighted by Gasteiger charge is -2.13. The lowest BCUT2D eigenvalue weighted by atomic mass is 10.2. The zero-order valence-electron chi connectivity index (χ0n) is 16.4. The molecule has 0 amide bonds. The van der Waals surface area contributed by atoms with Gasteiger partial charge in [-0.25, -0.2) is 0 Å². The number of benzene rings is 2. The first-order valence-corrected chi connectivity index (χ1v) is 10.3. The molecular formula is C23H21NO5S. The maximum Gasteiger partial charge on any atom is 0.308 e. The molecule has 2 aromatic carbocycles. The second-order valence-electron chi connectivity index (χ2n) is 6.59. The van der Waals surface area contributed by atoms with Gasteiger partial charge in [0.05, 0.1) is 13.2 Å². The Morgan fingerprint density at radius 2 is 1.90 bits per heavy atom. The van der Waals surface area contributed by atoms with E-state index in [0.29, 0.717) is 25.6 Å². The molecule has 1 saturated heterocycles. The van der Waals surface area contributed by atoms with E-state index < -0.39 is 0 Å². The molecule has 4 rings (SSSR count). The fourth-order valence-corrected chi connectivity index (χ4v) is 3.89. The smallest absolute Gasteiger partial charge is 0.308 e. The van der Waals surface area contributed by atoms with Crippen molar-refractivity contribution >= 4 is 17.7 Å². The van der Waals surface area contributed by atoms with Gasteiger partial charge in [-0.05, 0) is 48.0 Å². The highest BCUT2D eigenvalue weighted by Crippen LogP contribution is 2.36. The van der Waals surface area contributed by atoms with Gasteiger partial charge in [0.25, 0.3) is 0 Å². The van der Waals surface area contributed by atoms with Gasteiger partial charge in [0.2, 0.25) is 0 Å². The maximum atomic E-state index is 11.1. The number of ether oxygens (including phenoxy) is 4. The average molecular weight is 423 g/mol. The number of carbonyl (C=O) groups is 1. The lowest BCUT2D eigenvalue weighted by Crippen LogP contribution is -2.02. The molecule has 0 N–H and O–H groups in total. The fourth-order valence-electron chi connectivity index (χ4n) is 2.96. The van der Waals surface area contributed by atoms with E-state index in [-0.39, 0.29) is 12.3 Å². The minimum atomic E-state index is -0.355. The van der Waals surface area contributed by atoms with Gasteiger partial charge in [-0.15, -0.1) is 0 Å². The Bertz CT molecular complexity index is 1000. The van der Waals surface area contributed by atoms with Crippen molar-refractivity contribution in [2.24, 2.45) is 0 Å². The summed E-state index contributed by atoms with van der Waals surface area (Å²) in [4.78, 5) is 17.4. The summed E-state index contributed by atoms with van der Waals surface area (Å²) in [5.74, 6) is 0.929. The molecule has 0 bridgehead atoms. The van der Waals surface area contributed by atoms with Gasteiger partial charge in [0.15, 0.2) is 6.29 Å². The molecule has 7 heteroatoms. The van der Waals surface area contributed by atoms with Gasteiger partial charge in [0, 0.05) is 34.7 Å². The third-order valence-corrected chi connectivity index (χ3v) is 5.40. The molecule has 6 nitrogen and oxygen atoms in total. The van der Waals surface area contributed by atoms with E-state index >= 15 is 0 Å². The molecule has 1 fully saturated rings. The molecule has 30 heavy (non-hydrogen) atoms. The van der Waals surface area contributed by atoms with Crippen LogP contribution in [0.25, 0.3) is 0 Å². The van der Waals surface area contributed by atoms with Crippen molar-refractivity contribution in [2.75, 3.05) is 13.2 Å². The summed E-state index contributed by atoms with van der Waals surface area (Å²) in [5.41, 5.74) is 1.86. The van der Waals surface area contributed by atoms with Crippen molar-refractivity contribution in [3.63, 3.8) is 0 Å². The Morgan fingerprint density at radius 1 is 1.10 bits per heavy atom. The van der Waals surface area contributed by atoms with E-state index in [1.54, 1.807) is 36.3 Å². The highest BCUT2D eigenvalue weighted by molar-refractivity contribution is 7.99. The van der Waals surface area contributed by atoms with Crippen LogP contribution in [0.3, 0.4) is 0 Å². The fraction of sp³-hybridized carbons (Fsp3) is 0.217. The van der Waals surface area contributed by atoms with Crippen LogP contribution in [-0.2, 0) is 20.9 Å². The van der Waals surface area contributed by atoms with Crippen LogP contribution in [0.2, 0.25) is 0 Å². The Kier molecular flexibility index (Phi) is 6.63. The molecule has 0 aliphatic carbocycles. The van der Waals surface area contributed by atoms with Crippen LogP contribution < -0.4 is 9.47 Å². The van der Waals surface area contributed by atoms with Gasteiger partial charge in [-0.2, -0.15) is 0 Å². The van der Waals surface area contributed by atoms with Crippen molar-refractivity contribution in [3.8, 4) is 11.5 Å². The first kappa shape index (κ1) is 20.4. The van der Waals surface area contributed by atoms with E-state index in [2.05, 4.69) is 4.98 Å². The molecule has 1 aliphatic heterocycles. The number of esters is 1. The highest BCUT2D eigenvalue weighted by atomic mass is 32.2. The number of rotatable bonds is 7. The van der Waals surface area contributed by atoms with E-state index in [9.17, 15) is 4.79 Å². The standard InChI is InChI=1S/C23H21NO5S/c1-16(25)29-19-4-2-3-17(13-19)15-28-18-5-7-20(8-6-18)30-22-9-10-24-14-21(22)23-26-11-12-27-23/h2-10,13-14,23H,11-12,15H2,1H3. The molecule has 3 aromatic rings. The second kappa shape index (κ2) is 9.75. The van der Waals surface area contributed by atoms with E-state index in [1.807, 2.05) is 42.5 Å². The van der Waals surface area contributed by atoms with Gasteiger partial charge in [0.1, 0.15) is 18.1 Å². The van der Waals surface area contributed by atoms with Crippen LogP contribution in [0.4, 0.5) is 0 Å². The SMILES string of the molecule is CC(=O)Oc1cccc(COc2ccc(Sc3ccncc3C3OCCO3)cc2)c1. The predicted molar refractivity (Wildman–Crippen MR) is 112 cm³/mol. The highest BCUT2D eigenvalue weighted by Gasteiger charge is 2.21. The van der Waals surface area contributed by atoms with E-state index in [1.165, 1.54) is 6.92 Å². The number of carbonyl (C=O) groups excluding carboxylic acids is 1. The molecule has 2 heterocycles. The summed E-state index contributed by atoms with van der Waals surface area (Å²) in [5, 5.41) is 0. The normalized spacial score (nSPS) is 13.9. The third kappa shape index (κ3) is 5.38. The summed E-state index contributed by atoms with van der Waals surface area (Å²) in [6.45, 7) is 2.96. The molecule has 0 unspecified atom stereocenters. The van der Waals surface area contributed by atoms with Gasteiger partial charge in [-0.1, -0.05) is 23.9 Å². The minimum Gasteiger partial charge on any atom is -0.489 e. The first-order valence-electron chi connectivity index (χ1n) is 9.52. The molecule has 0 spiro atoms. The molecule has 0 atom stereocenters. The number of nitrogens with zero attached hydrogens (tertiary/aromatic N) is 1. The first-order chi connectivity index (χ1) is 14.7. The van der Waals surface area contributed by atoms with E-state index in [0.717, 1.165) is 26.7 Å². The molecular weight excluding hydrogens is 402 g/mol. The zero-order chi connectivity index (χ0) is 20.8. The summed E-state index contributed by atoms with van der Waals surface area (Å²) in [6.07, 6.45) is 3.20. The number of hydrogen-bond acceptors (Lipinski definition) is 7. The number of pyridine rings is 1. The zero-order valence-corrected chi connectivity index (χ0v) is 17.3. The third-order valence-electron chi connectivity index (χ3n) is 4.30. The molecule has 0 saturated carbocycles. The summed E-state index contributed by atoms with van der Waals surface area (Å²) < 4.78 is 22.2. The van der Waals surface area contributed by atoms with Crippen LogP contribution in [-0.4, -0.2) is 24.2 Å². The van der Waals surface area contributed by atoms with Crippen LogP contribution in [0.5, 0.6) is 11.5 Å². The topological polar surface area (TPSA) is 66.9 Å². The average Bonchev–Trinajstić information content (AvgIpc) is 3.28. The van der Waals surface area contributed by atoms with E-state index in [4.69, 9.17) is 18.9 Å². The largest absolute Gasteiger partial charge is 0.489 e. The second-order valence-corrected chi connectivity index (χ2v) is 7.71. The maximum absolute atomic E-state index is 11.1. The van der Waals surface area contributed by atoms with Crippen LogP contribution in [0.1, 0.15) is 24.3 Å². The Balaban J connectivity index is 1.38. The van der Waals surface area contributed by atoms with Crippen molar-refractivity contribution in [2.45, 2.75) is 29.6 Å². The van der Waals surface area contributed by atoms with Gasteiger partial charge < -0.3 is 18.9 Å². The lowest BCUT2D eigenvalue weighted by molar-refractivity contribution is -0.131. The van der Waals surface area contributed by atoms with Crippen LogP contribution in [0.15, 0.2) is 76.8 Å². The van der Waals surface area contributed by atoms with Crippen molar-refractivity contribution in [1.82, 2.24) is 4.98 Å². The van der Waals surface area contributed by atoms with Crippen molar-refractivity contribution in [3.05, 3.63) is 78.1 Å². The molecule has 1 aliphatic rings. The summed E-state index contributed by atoms with van der Waals surface area (Å²) in [7, 11) is 0. The van der Waals surface area contributed by atoms with Gasteiger partial charge in [-0.3, -0.25) is 9.78 Å². The van der Waals surface area contributed by atoms with Crippen molar-refractivity contribution < 1.29 is 23.7 Å². The summed E-state index contributed by atoms with van der Waals surface area (Å²) in [6, 6.07) is 17.1. The Labute approximate surface area is 179 Å². The van der Waals surface area contributed by atoms with Crippen LogP contribution in [0, 0.1) is 0 Å². The minimum absolute atomic E-state index is 0.343. The molecule has 1 aromatic heterocycles. The van der Waals surface area contributed by atoms with Gasteiger partial charge >= 0.3 is 5.97 Å². The number of aromatic nitrogens is 1. The number of hydrogen-bond donors (Lipinski definition) is 0. The quantitative estimate of drug-likeness (QED) is 0.400. The monoisotopic (exact) mass is 423 g/mol. The van der Waals surface area contributed by atoms with Crippen LogP contribution >= 0.6 is 11.8 Å². The summed E-state index contributed by atoms with van der Waals surface area (Å²) >= 11 is 1.63. The van der Waals surface area contributed by atoms with Crippen molar-refractivity contribution in [1.29, 1.82) is 0 Å². The Hall–Kier alpha value is -2.87.